The molecular formula is C23H20BrN7O. The first-order valence-corrected chi connectivity index (χ1v) is 10.5. The highest BCUT2D eigenvalue weighted by Crippen LogP contribution is 2.29. The van der Waals surface area contributed by atoms with Crippen LogP contribution in [0.4, 0.5) is 28.7 Å². The quantitative estimate of drug-likeness (QED) is 0.277. The summed E-state index contributed by atoms with van der Waals surface area (Å²) < 4.78 is 0.888. The first-order valence-electron chi connectivity index (χ1n) is 9.71. The molecule has 1 heterocycles. The van der Waals surface area contributed by atoms with Gasteiger partial charge in [-0.2, -0.15) is 0 Å². The van der Waals surface area contributed by atoms with Gasteiger partial charge in [0.1, 0.15) is 12.0 Å². The van der Waals surface area contributed by atoms with Gasteiger partial charge in [-0.15, -0.1) is 0 Å². The summed E-state index contributed by atoms with van der Waals surface area (Å²) in [7, 11) is 0. The van der Waals surface area contributed by atoms with E-state index in [2.05, 4.69) is 42.2 Å². The van der Waals surface area contributed by atoms with E-state index in [0.29, 0.717) is 11.4 Å². The molecule has 160 valence electrons. The number of nitrogen functional groups attached to an aromatic ring is 1. The van der Waals surface area contributed by atoms with E-state index in [-0.39, 0.29) is 17.4 Å². The normalized spacial score (nSPS) is 10.3. The van der Waals surface area contributed by atoms with Crippen molar-refractivity contribution in [2.75, 3.05) is 21.6 Å². The van der Waals surface area contributed by atoms with Gasteiger partial charge in [0.2, 0.25) is 0 Å². The third kappa shape index (κ3) is 4.96. The minimum atomic E-state index is -0.319. The number of halogens is 1. The van der Waals surface area contributed by atoms with Gasteiger partial charge in [0, 0.05) is 10.0 Å². The summed E-state index contributed by atoms with van der Waals surface area (Å²) in [5.74, 6) is 0.336. The second-order valence-corrected chi connectivity index (χ2v) is 7.60. The fourth-order valence-corrected chi connectivity index (χ4v) is 3.18. The lowest BCUT2D eigenvalue weighted by Crippen LogP contribution is -2.31. The molecule has 0 saturated carbocycles. The van der Waals surface area contributed by atoms with Crippen molar-refractivity contribution < 1.29 is 4.79 Å². The maximum atomic E-state index is 12.4. The van der Waals surface area contributed by atoms with Crippen molar-refractivity contribution in [2.45, 2.75) is 0 Å². The molecule has 4 aromatic rings. The van der Waals surface area contributed by atoms with Gasteiger partial charge in [0.25, 0.3) is 5.91 Å². The lowest BCUT2D eigenvalue weighted by Gasteiger charge is -2.26. The van der Waals surface area contributed by atoms with Gasteiger partial charge >= 0.3 is 0 Å². The number of nitrogens with zero attached hydrogens (tertiary/aromatic N) is 3. The molecule has 0 bridgehead atoms. The van der Waals surface area contributed by atoms with Gasteiger partial charge in [0.05, 0.1) is 11.4 Å². The van der Waals surface area contributed by atoms with E-state index in [1.807, 2.05) is 65.7 Å². The lowest BCUT2D eigenvalue weighted by molar-refractivity contribution is 0.0962. The summed E-state index contributed by atoms with van der Waals surface area (Å²) in [5, 5.41) is 1.86. The van der Waals surface area contributed by atoms with Crippen LogP contribution in [0.5, 0.6) is 0 Å². The third-order valence-corrected chi connectivity index (χ3v) is 5.06. The number of para-hydroxylation sites is 2. The molecule has 3 aromatic carbocycles. The van der Waals surface area contributed by atoms with Crippen molar-refractivity contribution >= 4 is 50.5 Å². The van der Waals surface area contributed by atoms with Gasteiger partial charge in [0.15, 0.2) is 11.6 Å². The van der Waals surface area contributed by atoms with E-state index in [9.17, 15) is 4.79 Å². The zero-order valence-electron chi connectivity index (χ0n) is 16.9. The Morgan fingerprint density at radius 2 is 1.38 bits per heavy atom. The Balaban J connectivity index is 1.54. The van der Waals surface area contributed by atoms with Gasteiger partial charge in [-0.1, -0.05) is 52.3 Å². The number of benzene rings is 3. The smallest absolute Gasteiger partial charge is 0.269 e. The minimum Gasteiger partial charge on any atom is -0.393 e. The van der Waals surface area contributed by atoms with Crippen LogP contribution in [-0.4, -0.2) is 15.9 Å². The van der Waals surface area contributed by atoms with Gasteiger partial charge in [-0.3, -0.25) is 26.1 Å². The molecular weight excluding hydrogens is 470 g/mol. The number of nitrogens with one attached hydrogen (secondary N) is 3. The molecule has 0 aliphatic rings. The molecule has 0 unspecified atom stereocenters. The maximum Gasteiger partial charge on any atom is 0.269 e. The van der Waals surface area contributed by atoms with Crippen molar-refractivity contribution in [3.63, 3.8) is 0 Å². The van der Waals surface area contributed by atoms with E-state index in [1.54, 1.807) is 24.3 Å². The zero-order valence-corrected chi connectivity index (χ0v) is 18.5. The average Bonchev–Trinajstić information content (AvgIpc) is 2.84. The fourth-order valence-electron chi connectivity index (χ4n) is 2.91. The van der Waals surface area contributed by atoms with Crippen molar-refractivity contribution in [2.24, 2.45) is 0 Å². The molecule has 0 radical (unpaired) electrons. The highest BCUT2D eigenvalue weighted by molar-refractivity contribution is 9.10. The van der Waals surface area contributed by atoms with Crippen LogP contribution in [0.25, 0.3) is 0 Å². The highest BCUT2D eigenvalue weighted by atomic mass is 79.9. The van der Waals surface area contributed by atoms with Crippen molar-refractivity contribution in [1.82, 2.24) is 15.4 Å². The Bertz CT molecular complexity index is 1150. The van der Waals surface area contributed by atoms with E-state index < -0.39 is 0 Å². The highest BCUT2D eigenvalue weighted by Gasteiger charge is 2.15. The Kier molecular flexibility index (Phi) is 6.47. The first-order chi connectivity index (χ1) is 15.6. The molecule has 8 nitrogen and oxygen atoms in total. The fraction of sp³-hybridized carbons (Fsp3) is 0. The number of hydrazine groups is 2. The van der Waals surface area contributed by atoms with Crippen LogP contribution in [-0.2, 0) is 0 Å². The Morgan fingerprint density at radius 1 is 0.812 bits per heavy atom. The van der Waals surface area contributed by atoms with Crippen LogP contribution >= 0.6 is 15.9 Å². The monoisotopic (exact) mass is 489 g/mol. The van der Waals surface area contributed by atoms with Crippen LogP contribution in [0.3, 0.4) is 0 Å². The van der Waals surface area contributed by atoms with E-state index >= 15 is 0 Å². The number of hydrogen-bond donors (Lipinski definition) is 4. The van der Waals surface area contributed by atoms with Crippen molar-refractivity contribution in [3.05, 3.63) is 101 Å². The van der Waals surface area contributed by atoms with Crippen LogP contribution < -0.4 is 27.0 Å². The summed E-state index contributed by atoms with van der Waals surface area (Å²) in [4.78, 5) is 20.8. The molecule has 0 aliphatic heterocycles. The van der Waals surface area contributed by atoms with E-state index in [4.69, 9.17) is 5.73 Å². The number of carbonyl (C=O) groups is 1. The molecule has 0 spiro atoms. The summed E-state index contributed by atoms with van der Waals surface area (Å²) in [6.45, 7) is 0. The molecule has 0 atom stereocenters. The largest absolute Gasteiger partial charge is 0.393 e. The topological polar surface area (TPSA) is 108 Å². The van der Waals surface area contributed by atoms with Gasteiger partial charge in [-0.25, -0.2) is 9.97 Å². The summed E-state index contributed by atoms with van der Waals surface area (Å²) >= 11 is 3.35. The molecule has 0 aliphatic carbocycles. The number of nitrogens with two attached hydrogens (primary N) is 1. The second-order valence-electron chi connectivity index (χ2n) is 6.69. The second kappa shape index (κ2) is 9.80. The first kappa shape index (κ1) is 21.1. The Morgan fingerprint density at radius 3 is 1.97 bits per heavy atom. The average molecular weight is 490 g/mol. The van der Waals surface area contributed by atoms with Crippen LogP contribution in [0, 0.1) is 0 Å². The number of hydrogen-bond acceptors (Lipinski definition) is 7. The number of rotatable bonds is 7. The Labute approximate surface area is 193 Å². The molecule has 0 saturated heterocycles. The third-order valence-electron chi connectivity index (χ3n) is 4.53. The van der Waals surface area contributed by atoms with Gasteiger partial charge < -0.3 is 5.73 Å². The summed E-state index contributed by atoms with van der Waals surface area (Å²) in [5.41, 5.74) is 17.5. The van der Waals surface area contributed by atoms with Crippen LogP contribution in [0.1, 0.15) is 10.4 Å². The molecule has 5 N–H and O–H groups in total. The molecule has 1 aromatic heterocycles. The molecule has 0 fully saturated rings. The maximum absolute atomic E-state index is 12.4. The number of anilines is 5. The lowest BCUT2D eigenvalue weighted by atomic mass is 10.2. The SMILES string of the molecule is Nc1c(NNC(=O)c2ccc(Br)cc2)ncnc1NN(c1ccccc1)c1ccccc1. The molecule has 32 heavy (non-hydrogen) atoms. The standard InChI is InChI=1S/C23H20BrN7O/c24-17-13-11-16(12-14-17)23(32)29-28-21-20(25)22(27-15-26-21)30-31(18-7-3-1-4-8-18)19-9-5-2-6-10-19/h1-15H,25H2,(H,29,32)(H2,26,27,28,30). The van der Waals surface area contributed by atoms with Crippen molar-refractivity contribution in [3.8, 4) is 0 Å². The predicted octanol–water partition coefficient (Wildman–Crippen LogP) is 4.74. The zero-order chi connectivity index (χ0) is 22.3. The van der Waals surface area contributed by atoms with E-state index in [0.717, 1.165) is 15.8 Å². The predicted molar refractivity (Wildman–Crippen MR) is 130 cm³/mol. The minimum absolute atomic E-state index is 0.250. The van der Waals surface area contributed by atoms with Crippen LogP contribution in [0.2, 0.25) is 0 Å². The molecule has 1 amide bonds. The molecule has 4 rings (SSSR count). The Hall–Kier alpha value is -4.11. The summed E-state index contributed by atoms with van der Waals surface area (Å²) in [6, 6.07) is 26.5. The van der Waals surface area contributed by atoms with Gasteiger partial charge in [-0.05, 0) is 48.5 Å². The summed E-state index contributed by atoms with van der Waals surface area (Å²) in [6.07, 6.45) is 1.36. The van der Waals surface area contributed by atoms with Crippen molar-refractivity contribution in [1.29, 1.82) is 0 Å². The molecule has 9 heteroatoms. The number of carbonyl (C=O) groups excluding carboxylic acids is 1. The number of aromatic nitrogens is 2. The van der Waals surface area contributed by atoms with E-state index in [1.165, 1.54) is 6.33 Å². The van der Waals surface area contributed by atoms with Crippen LogP contribution in [0.15, 0.2) is 95.7 Å². The number of amides is 1.